The number of amides is 1. The van der Waals surface area contributed by atoms with Gasteiger partial charge < -0.3 is 14.6 Å². The van der Waals surface area contributed by atoms with E-state index in [0.717, 1.165) is 27.6 Å². The Morgan fingerprint density at radius 2 is 1.75 bits per heavy atom. The van der Waals surface area contributed by atoms with Gasteiger partial charge in [0.25, 0.3) is 5.91 Å². The highest BCUT2D eigenvalue weighted by molar-refractivity contribution is 9.10. The van der Waals surface area contributed by atoms with Crippen LogP contribution in [0.15, 0.2) is 88.3 Å². The summed E-state index contributed by atoms with van der Waals surface area (Å²) < 4.78 is 13.1. The van der Waals surface area contributed by atoms with Crippen molar-refractivity contribution in [3.8, 4) is 5.75 Å². The zero-order chi connectivity index (χ0) is 28.6. The standard InChI is InChI=1S/C32H38BrN3O4/c1-31(2,3)18-19-34-36-30(38)32(22-23-10-5-4-6-11-23)28(26-12-7-8-13-27(26)33)40-29(35-32)24-14-16-25(17-15-24)39-21-9-20-37/h4-8,10-17,28,34,37H,9,18-22H2,1-3H3,(H,36,38)/t28-,32-/m0/s1. The molecule has 3 aromatic rings. The third kappa shape index (κ3) is 7.50. The second-order valence-corrected chi connectivity index (χ2v) is 12.0. The van der Waals surface area contributed by atoms with Gasteiger partial charge in [0, 0.05) is 41.6 Å². The molecule has 1 amide bonds. The molecule has 7 nitrogen and oxygen atoms in total. The van der Waals surface area contributed by atoms with Crippen molar-refractivity contribution in [2.75, 3.05) is 19.8 Å². The minimum atomic E-state index is -1.27. The van der Waals surface area contributed by atoms with Gasteiger partial charge in [-0.1, -0.05) is 85.2 Å². The maximum atomic E-state index is 14.2. The van der Waals surface area contributed by atoms with Gasteiger partial charge in [-0.05, 0) is 47.7 Å². The highest BCUT2D eigenvalue weighted by Gasteiger charge is 2.53. The van der Waals surface area contributed by atoms with Gasteiger partial charge in [0.2, 0.25) is 5.90 Å². The lowest BCUT2D eigenvalue weighted by Crippen LogP contribution is -2.54. The van der Waals surface area contributed by atoms with Crippen LogP contribution >= 0.6 is 15.9 Å². The Balaban J connectivity index is 1.72. The molecule has 1 heterocycles. The van der Waals surface area contributed by atoms with Gasteiger partial charge in [-0.2, -0.15) is 0 Å². The van der Waals surface area contributed by atoms with Crippen LogP contribution in [0.3, 0.4) is 0 Å². The Bertz CT molecular complexity index is 1290. The third-order valence-corrected chi connectivity index (χ3v) is 7.46. The average Bonchev–Trinajstić information content (AvgIpc) is 3.32. The molecule has 0 saturated heterocycles. The van der Waals surface area contributed by atoms with Crippen molar-refractivity contribution in [3.05, 3.63) is 100 Å². The molecule has 3 N–H and O–H groups in total. The Morgan fingerprint density at radius 1 is 1.05 bits per heavy atom. The summed E-state index contributed by atoms with van der Waals surface area (Å²) in [7, 11) is 0. The van der Waals surface area contributed by atoms with Crippen LogP contribution in [0, 0.1) is 5.41 Å². The molecule has 0 saturated carbocycles. The first-order valence-electron chi connectivity index (χ1n) is 13.6. The first-order chi connectivity index (χ1) is 19.2. The lowest BCUT2D eigenvalue weighted by molar-refractivity contribution is -0.130. The third-order valence-electron chi connectivity index (χ3n) is 6.74. The normalized spacial score (nSPS) is 18.6. The molecule has 0 aromatic heterocycles. The molecule has 3 aromatic carbocycles. The van der Waals surface area contributed by atoms with Crippen molar-refractivity contribution in [3.63, 3.8) is 0 Å². The predicted octanol–water partition coefficient (Wildman–Crippen LogP) is 5.77. The SMILES string of the molecule is CC(C)(C)CCNNC(=O)[C@@]1(Cc2ccccc2)N=C(c2ccc(OCCCO)cc2)O[C@H]1c1ccccc1Br. The first-order valence-corrected chi connectivity index (χ1v) is 14.4. The minimum absolute atomic E-state index is 0.0792. The number of rotatable bonds is 12. The largest absolute Gasteiger partial charge is 0.494 e. The quantitative estimate of drug-likeness (QED) is 0.180. The maximum Gasteiger partial charge on any atom is 0.266 e. The molecule has 212 valence electrons. The minimum Gasteiger partial charge on any atom is -0.494 e. The van der Waals surface area contributed by atoms with Crippen LogP contribution in [0.2, 0.25) is 0 Å². The fourth-order valence-corrected chi connectivity index (χ4v) is 5.04. The van der Waals surface area contributed by atoms with E-state index in [1.54, 1.807) is 0 Å². The van der Waals surface area contributed by atoms with Gasteiger partial charge in [-0.15, -0.1) is 0 Å². The number of aliphatic hydroxyl groups excluding tert-OH is 1. The Hall–Kier alpha value is -3.20. The van der Waals surface area contributed by atoms with E-state index in [2.05, 4.69) is 47.6 Å². The summed E-state index contributed by atoms with van der Waals surface area (Å²) in [5.41, 5.74) is 7.51. The zero-order valence-electron chi connectivity index (χ0n) is 23.3. The fourth-order valence-electron chi connectivity index (χ4n) is 4.54. The van der Waals surface area contributed by atoms with Gasteiger partial charge in [-0.3, -0.25) is 10.2 Å². The zero-order valence-corrected chi connectivity index (χ0v) is 24.9. The van der Waals surface area contributed by atoms with Crippen LogP contribution in [-0.2, 0) is 16.0 Å². The van der Waals surface area contributed by atoms with E-state index < -0.39 is 11.6 Å². The van der Waals surface area contributed by atoms with Gasteiger partial charge in [0.05, 0.1) is 6.61 Å². The average molecular weight is 609 g/mol. The number of nitrogens with one attached hydrogen (secondary N) is 2. The number of aliphatic imine (C=N–C) groups is 1. The van der Waals surface area contributed by atoms with Crippen molar-refractivity contribution in [2.45, 2.75) is 51.7 Å². The molecule has 0 radical (unpaired) electrons. The number of halogens is 1. The number of ether oxygens (including phenoxy) is 2. The molecule has 1 aliphatic heterocycles. The van der Waals surface area contributed by atoms with E-state index in [1.165, 1.54) is 0 Å². The number of carbonyl (C=O) groups excluding carboxylic acids is 1. The number of benzene rings is 3. The van der Waals surface area contributed by atoms with E-state index in [-0.39, 0.29) is 17.9 Å². The molecule has 0 aliphatic carbocycles. The fraction of sp³-hybridized carbons (Fsp3) is 0.375. The van der Waals surface area contributed by atoms with Crippen LogP contribution in [-0.4, -0.2) is 42.2 Å². The molecule has 0 spiro atoms. The second-order valence-electron chi connectivity index (χ2n) is 11.2. The topological polar surface area (TPSA) is 92.2 Å². The smallest absolute Gasteiger partial charge is 0.266 e. The molecule has 0 unspecified atom stereocenters. The summed E-state index contributed by atoms with van der Waals surface area (Å²) in [5, 5.41) is 9.02. The molecule has 40 heavy (non-hydrogen) atoms. The number of hydrogen-bond acceptors (Lipinski definition) is 6. The molecule has 1 aliphatic rings. The molecule has 0 bridgehead atoms. The van der Waals surface area contributed by atoms with Gasteiger partial charge in [0.1, 0.15) is 5.75 Å². The lowest BCUT2D eigenvalue weighted by atomic mass is 9.82. The number of nitrogens with zero attached hydrogens (tertiary/aromatic N) is 1. The van der Waals surface area contributed by atoms with Crippen molar-refractivity contribution in [1.82, 2.24) is 10.9 Å². The monoisotopic (exact) mass is 607 g/mol. The van der Waals surface area contributed by atoms with Crippen molar-refractivity contribution in [2.24, 2.45) is 10.4 Å². The van der Waals surface area contributed by atoms with Crippen LogP contribution < -0.4 is 15.6 Å². The summed E-state index contributed by atoms with van der Waals surface area (Å²) >= 11 is 3.68. The van der Waals surface area contributed by atoms with Gasteiger partial charge in [0.15, 0.2) is 11.6 Å². The highest BCUT2D eigenvalue weighted by Crippen LogP contribution is 2.44. The Labute approximate surface area is 245 Å². The maximum absolute atomic E-state index is 14.2. The summed E-state index contributed by atoms with van der Waals surface area (Å²) in [5.74, 6) is 0.822. The number of hydrazine groups is 1. The number of aliphatic hydroxyl groups is 1. The second kappa shape index (κ2) is 13.4. The van der Waals surface area contributed by atoms with E-state index in [4.69, 9.17) is 19.6 Å². The van der Waals surface area contributed by atoms with Gasteiger partial charge in [-0.25, -0.2) is 10.4 Å². The summed E-state index contributed by atoms with van der Waals surface area (Å²) in [6.45, 7) is 7.64. The van der Waals surface area contributed by atoms with Crippen molar-refractivity contribution >= 4 is 27.7 Å². The molecular formula is C32H38BrN3O4. The summed E-state index contributed by atoms with van der Waals surface area (Å²) in [4.78, 5) is 19.2. The van der Waals surface area contributed by atoms with E-state index >= 15 is 0 Å². The molecular weight excluding hydrogens is 570 g/mol. The Morgan fingerprint density at radius 3 is 2.42 bits per heavy atom. The first kappa shape index (κ1) is 29.8. The number of hydrogen-bond donors (Lipinski definition) is 3. The van der Waals surface area contributed by atoms with Crippen molar-refractivity contribution in [1.29, 1.82) is 0 Å². The van der Waals surface area contributed by atoms with Gasteiger partial charge >= 0.3 is 0 Å². The molecule has 2 atom stereocenters. The van der Waals surface area contributed by atoms with Crippen LogP contribution in [0.1, 0.15) is 56.4 Å². The molecule has 0 fully saturated rings. The van der Waals surface area contributed by atoms with E-state index in [0.29, 0.717) is 37.6 Å². The van der Waals surface area contributed by atoms with Crippen LogP contribution in [0.25, 0.3) is 0 Å². The Kier molecular flexibility index (Phi) is 10.0. The highest BCUT2D eigenvalue weighted by atomic mass is 79.9. The summed E-state index contributed by atoms with van der Waals surface area (Å²) in [6.07, 6.45) is 1.12. The molecule has 8 heteroatoms. The lowest BCUT2D eigenvalue weighted by Gasteiger charge is -2.31. The van der Waals surface area contributed by atoms with Crippen molar-refractivity contribution < 1.29 is 19.4 Å². The molecule has 4 rings (SSSR count). The van der Waals surface area contributed by atoms with E-state index in [9.17, 15) is 4.79 Å². The van der Waals surface area contributed by atoms with Crippen LogP contribution in [0.5, 0.6) is 5.75 Å². The van der Waals surface area contributed by atoms with Crippen LogP contribution in [0.4, 0.5) is 0 Å². The number of carbonyl (C=O) groups is 1. The summed E-state index contributed by atoms with van der Waals surface area (Å²) in [6, 6.07) is 25.1. The van der Waals surface area contributed by atoms with E-state index in [1.807, 2.05) is 78.9 Å². The predicted molar refractivity (Wildman–Crippen MR) is 161 cm³/mol.